The monoisotopic (exact) mass is 309 g/mol. The van der Waals surface area contributed by atoms with Crippen LogP contribution in [-0.2, 0) is 10.2 Å². The molecule has 1 aromatic rings. The molecule has 0 aliphatic carbocycles. The summed E-state index contributed by atoms with van der Waals surface area (Å²) in [6, 6.07) is 8.56. The van der Waals surface area contributed by atoms with E-state index in [1.165, 1.54) is 4.31 Å². The first-order valence-corrected chi connectivity index (χ1v) is 8.37. The number of hydrogen-bond donors (Lipinski definition) is 1. The van der Waals surface area contributed by atoms with Gasteiger partial charge in [-0.05, 0) is 31.9 Å². The Labute approximate surface area is 125 Å². The van der Waals surface area contributed by atoms with E-state index in [2.05, 4.69) is 4.72 Å². The third-order valence-corrected chi connectivity index (χ3v) is 5.11. The molecule has 0 amide bonds. The topological polar surface area (TPSA) is 82.4 Å². The van der Waals surface area contributed by atoms with Crippen LogP contribution in [0.4, 0.5) is 5.69 Å². The van der Waals surface area contributed by atoms with Crippen molar-refractivity contribution >= 4 is 15.9 Å². The highest BCUT2D eigenvalue weighted by Crippen LogP contribution is 2.27. The van der Waals surface area contributed by atoms with Crippen LogP contribution in [0.3, 0.4) is 0 Å². The summed E-state index contributed by atoms with van der Waals surface area (Å²) in [7, 11) is -3.61. The molecule has 6 nitrogen and oxygen atoms in total. The molecule has 0 saturated carbocycles. The van der Waals surface area contributed by atoms with Crippen molar-refractivity contribution in [1.82, 2.24) is 4.31 Å². The molecule has 1 heterocycles. The molecule has 21 heavy (non-hydrogen) atoms. The van der Waals surface area contributed by atoms with Crippen LogP contribution >= 0.6 is 0 Å². The maximum atomic E-state index is 12.5. The van der Waals surface area contributed by atoms with Crippen molar-refractivity contribution in [1.29, 1.82) is 5.26 Å². The fraction of sp³-hybridized carbons (Fsp3) is 0.500. The van der Waals surface area contributed by atoms with Gasteiger partial charge in [0.1, 0.15) is 11.8 Å². The van der Waals surface area contributed by atoms with E-state index in [-0.39, 0.29) is 12.6 Å². The first-order valence-electron chi connectivity index (χ1n) is 6.93. The zero-order chi connectivity index (χ0) is 15.3. The standard InChI is InChI=1S/C14H19N3O3S/c1-12-6-4-5-10-17(12)21(18,19)16-13-7-2-3-8-14(13)20-11-9-15/h2-3,7-8,12,16H,4-6,10-11H2,1H3. The number of hydrogen-bond acceptors (Lipinski definition) is 4. The van der Waals surface area contributed by atoms with E-state index in [0.29, 0.717) is 18.0 Å². The lowest BCUT2D eigenvalue weighted by Gasteiger charge is -2.32. The number of para-hydroxylation sites is 2. The molecule has 1 atom stereocenters. The van der Waals surface area contributed by atoms with Gasteiger partial charge in [0.25, 0.3) is 0 Å². The Morgan fingerprint density at radius 2 is 2.19 bits per heavy atom. The average Bonchev–Trinajstić information content (AvgIpc) is 2.46. The van der Waals surface area contributed by atoms with Gasteiger partial charge in [-0.15, -0.1) is 0 Å². The summed E-state index contributed by atoms with van der Waals surface area (Å²) in [5.41, 5.74) is 0.352. The Balaban J connectivity index is 2.18. The van der Waals surface area contributed by atoms with Crippen LogP contribution in [0.1, 0.15) is 26.2 Å². The number of piperidine rings is 1. The van der Waals surface area contributed by atoms with Gasteiger partial charge in [-0.3, -0.25) is 4.72 Å². The molecule has 0 radical (unpaired) electrons. The highest BCUT2D eigenvalue weighted by Gasteiger charge is 2.29. The summed E-state index contributed by atoms with van der Waals surface area (Å²) >= 11 is 0. The summed E-state index contributed by atoms with van der Waals surface area (Å²) in [5.74, 6) is 0.354. The Morgan fingerprint density at radius 3 is 2.90 bits per heavy atom. The van der Waals surface area contributed by atoms with Crippen LogP contribution in [-0.4, -0.2) is 31.9 Å². The van der Waals surface area contributed by atoms with Gasteiger partial charge in [0, 0.05) is 12.6 Å². The number of nitrogens with one attached hydrogen (secondary N) is 1. The predicted molar refractivity (Wildman–Crippen MR) is 80.1 cm³/mol. The smallest absolute Gasteiger partial charge is 0.302 e. The lowest BCUT2D eigenvalue weighted by Crippen LogP contribution is -2.44. The number of benzene rings is 1. The van der Waals surface area contributed by atoms with E-state index in [9.17, 15) is 8.42 Å². The second-order valence-corrected chi connectivity index (χ2v) is 6.63. The fourth-order valence-electron chi connectivity index (χ4n) is 2.41. The third kappa shape index (κ3) is 3.86. The van der Waals surface area contributed by atoms with Crippen molar-refractivity contribution in [2.45, 2.75) is 32.2 Å². The van der Waals surface area contributed by atoms with Crippen molar-refractivity contribution in [3.63, 3.8) is 0 Å². The normalized spacial score (nSPS) is 19.7. The molecule has 0 aromatic heterocycles. The van der Waals surface area contributed by atoms with Gasteiger partial charge in [-0.2, -0.15) is 18.0 Å². The van der Waals surface area contributed by atoms with Crippen LogP contribution in [0.5, 0.6) is 5.75 Å². The summed E-state index contributed by atoms with van der Waals surface area (Å²) < 4.78 is 34.3. The van der Waals surface area contributed by atoms with E-state index in [0.717, 1.165) is 19.3 Å². The van der Waals surface area contributed by atoms with Gasteiger partial charge in [0.05, 0.1) is 5.69 Å². The average molecular weight is 309 g/mol. The largest absolute Gasteiger partial charge is 0.477 e. The van der Waals surface area contributed by atoms with E-state index >= 15 is 0 Å². The summed E-state index contributed by atoms with van der Waals surface area (Å²) in [5, 5.41) is 8.57. The van der Waals surface area contributed by atoms with Crippen molar-refractivity contribution < 1.29 is 13.2 Å². The molecular formula is C14H19N3O3S. The summed E-state index contributed by atoms with van der Waals surface area (Å²) in [6.45, 7) is 2.31. The molecule has 1 N–H and O–H groups in total. The van der Waals surface area contributed by atoms with Crippen molar-refractivity contribution in [2.24, 2.45) is 0 Å². The highest BCUT2D eigenvalue weighted by atomic mass is 32.2. The molecule has 1 aliphatic rings. The second-order valence-electron chi connectivity index (χ2n) is 5.01. The van der Waals surface area contributed by atoms with Gasteiger partial charge < -0.3 is 4.74 Å². The van der Waals surface area contributed by atoms with Crippen LogP contribution in [0, 0.1) is 11.3 Å². The minimum atomic E-state index is -3.61. The Morgan fingerprint density at radius 1 is 1.43 bits per heavy atom. The quantitative estimate of drug-likeness (QED) is 0.903. The van der Waals surface area contributed by atoms with Crippen LogP contribution < -0.4 is 9.46 Å². The molecule has 114 valence electrons. The summed E-state index contributed by atoms with van der Waals surface area (Å²) in [6.07, 6.45) is 2.79. The number of rotatable bonds is 5. The van der Waals surface area contributed by atoms with Crippen molar-refractivity contribution in [3.8, 4) is 11.8 Å². The fourth-order valence-corrected chi connectivity index (χ4v) is 3.93. The predicted octanol–water partition coefficient (Wildman–Crippen LogP) is 2.12. The molecule has 1 fully saturated rings. The molecular weight excluding hydrogens is 290 g/mol. The van der Waals surface area contributed by atoms with Gasteiger partial charge in [0.15, 0.2) is 6.61 Å². The maximum Gasteiger partial charge on any atom is 0.302 e. The van der Waals surface area contributed by atoms with E-state index in [4.69, 9.17) is 10.00 Å². The minimum Gasteiger partial charge on any atom is -0.477 e. The lowest BCUT2D eigenvalue weighted by atomic mass is 10.1. The number of nitriles is 1. The van der Waals surface area contributed by atoms with E-state index in [1.807, 2.05) is 13.0 Å². The maximum absolute atomic E-state index is 12.5. The zero-order valence-corrected chi connectivity index (χ0v) is 12.8. The highest BCUT2D eigenvalue weighted by molar-refractivity contribution is 7.90. The van der Waals surface area contributed by atoms with E-state index in [1.54, 1.807) is 24.3 Å². The van der Waals surface area contributed by atoms with Gasteiger partial charge in [-0.1, -0.05) is 18.6 Å². The molecule has 2 rings (SSSR count). The number of anilines is 1. The van der Waals surface area contributed by atoms with Crippen molar-refractivity contribution in [2.75, 3.05) is 17.9 Å². The molecule has 0 bridgehead atoms. The van der Waals surface area contributed by atoms with E-state index < -0.39 is 10.2 Å². The summed E-state index contributed by atoms with van der Waals surface area (Å²) in [4.78, 5) is 0. The molecule has 1 unspecified atom stereocenters. The van der Waals surface area contributed by atoms with Gasteiger partial charge >= 0.3 is 10.2 Å². The first-order chi connectivity index (χ1) is 10.0. The Bertz CT molecular complexity index is 625. The van der Waals surface area contributed by atoms with Gasteiger partial charge in [0.2, 0.25) is 0 Å². The zero-order valence-electron chi connectivity index (χ0n) is 11.9. The molecule has 1 aliphatic heterocycles. The Kier molecular flexibility index (Phi) is 5.04. The molecule has 1 aromatic carbocycles. The number of nitrogens with zero attached hydrogens (tertiary/aromatic N) is 2. The van der Waals surface area contributed by atoms with Crippen LogP contribution in [0.2, 0.25) is 0 Å². The van der Waals surface area contributed by atoms with Gasteiger partial charge in [-0.25, -0.2) is 0 Å². The SMILES string of the molecule is CC1CCCCN1S(=O)(=O)Nc1ccccc1OCC#N. The van der Waals surface area contributed by atoms with Crippen molar-refractivity contribution in [3.05, 3.63) is 24.3 Å². The Hall–Kier alpha value is -1.78. The first kappa shape index (κ1) is 15.6. The second kappa shape index (κ2) is 6.78. The molecule has 7 heteroatoms. The lowest BCUT2D eigenvalue weighted by molar-refractivity contribution is 0.270. The minimum absolute atomic E-state index is 0.0107. The third-order valence-electron chi connectivity index (χ3n) is 3.47. The number of ether oxygens (including phenoxy) is 1. The van der Waals surface area contributed by atoms with Crippen LogP contribution in [0.15, 0.2) is 24.3 Å². The molecule has 0 spiro atoms. The molecule has 1 saturated heterocycles. The van der Waals surface area contributed by atoms with Crippen LogP contribution in [0.25, 0.3) is 0 Å².